The van der Waals surface area contributed by atoms with E-state index in [0.29, 0.717) is 41.0 Å². The molecule has 0 amide bonds. The van der Waals surface area contributed by atoms with E-state index in [-0.39, 0.29) is 17.9 Å². The minimum atomic E-state index is -1.75. The molecule has 1 saturated heterocycles. The van der Waals surface area contributed by atoms with Gasteiger partial charge in [-0.15, -0.1) is 0 Å². The first kappa shape index (κ1) is 34.1. The van der Waals surface area contributed by atoms with Crippen molar-refractivity contribution in [3.63, 3.8) is 0 Å². The summed E-state index contributed by atoms with van der Waals surface area (Å²) >= 11 is 0. The lowest BCUT2D eigenvalue weighted by atomic mass is 10.0. The minimum absolute atomic E-state index is 0.0975. The number of nitrogens with one attached hydrogen (secondary N) is 1. The highest BCUT2D eigenvalue weighted by Crippen LogP contribution is 2.37. The van der Waals surface area contributed by atoms with E-state index in [1.165, 1.54) is 0 Å². The van der Waals surface area contributed by atoms with Crippen molar-refractivity contribution in [1.29, 1.82) is 5.26 Å². The highest BCUT2D eigenvalue weighted by Gasteiger charge is 2.37. The Hall–Kier alpha value is -2.83. The summed E-state index contributed by atoms with van der Waals surface area (Å²) < 4.78 is 24.2. The maximum Gasteiger partial charge on any atom is 0.298 e. The molecule has 0 bridgehead atoms. The molecule has 1 aromatic carbocycles. The van der Waals surface area contributed by atoms with Crippen LogP contribution in [0.5, 0.6) is 5.75 Å². The quantitative estimate of drug-likeness (QED) is 0.118. The molecule has 0 spiro atoms. The summed E-state index contributed by atoms with van der Waals surface area (Å²) in [6.07, 6.45) is 3.80. The van der Waals surface area contributed by atoms with Crippen LogP contribution in [0.2, 0.25) is 43.8 Å². The molecule has 4 rings (SSSR count). The number of rotatable bonds is 13. The predicted octanol–water partition coefficient (Wildman–Crippen LogP) is 7.05. The number of aromatic nitrogens is 3. The van der Waals surface area contributed by atoms with Crippen molar-refractivity contribution in [1.82, 2.24) is 19.9 Å². The van der Waals surface area contributed by atoms with Crippen LogP contribution in [0.25, 0.3) is 22.6 Å². The van der Waals surface area contributed by atoms with Gasteiger partial charge in [0.15, 0.2) is 15.1 Å². The molecule has 1 aliphatic heterocycles. The van der Waals surface area contributed by atoms with Gasteiger partial charge in [-0.05, 0) is 68.2 Å². The van der Waals surface area contributed by atoms with Gasteiger partial charge in [-0.2, -0.15) is 10.2 Å². The normalized spacial score (nSPS) is 16.7. The number of nitriles is 1. The van der Waals surface area contributed by atoms with Crippen LogP contribution in [0.3, 0.4) is 0 Å². The van der Waals surface area contributed by atoms with Gasteiger partial charge in [0.2, 0.25) is 5.65 Å². The lowest BCUT2D eigenvalue weighted by Crippen LogP contribution is -2.46. The van der Waals surface area contributed by atoms with E-state index >= 15 is 0 Å². The van der Waals surface area contributed by atoms with E-state index in [4.69, 9.17) is 23.3 Å². The molecule has 44 heavy (non-hydrogen) atoms. The van der Waals surface area contributed by atoms with Gasteiger partial charge < -0.3 is 23.6 Å². The van der Waals surface area contributed by atoms with Crippen molar-refractivity contribution in [2.75, 3.05) is 45.0 Å². The summed E-state index contributed by atoms with van der Waals surface area (Å²) in [5.41, 5.74) is 3.51. The monoisotopic (exact) mass is 638 g/mol. The molecular formula is C32H50N6O4Si2. The largest absolute Gasteiger partial charge is 0.467 e. The van der Waals surface area contributed by atoms with E-state index < -0.39 is 16.4 Å². The topological polar surface area (TPSA) is 119 Å². The van der Waals surface area contributed by atoms with Crippen LogP contribution in [0.15, 0.2) is 22.7 Å². The molecule has 1 N–H and O–H groups in total. The summed E-state index contributed by atoms with van der Waals surface area (Å²) in [7, 11) is -2.96. The molecule has 1 aliphatic rings. The van der Waals surface area contributed by atoms with Gasteiger partial charge in [0.1, 0.15) is 5.75 Å². The van der Waals surface area contributed by atoms with Gasteiger partial charge >= 0.3 is 0 Å². The van der Waals surface area contributed by atoms with Crippen molar-refractivity contribution in [3.05, 3.63) is 29.5 Å². The van der Waals surface area contributed by atoms with Gasteiger partial charge in [-0.1, -0.05) is 40.4 Å². The molecular weight excluding hydrogens is 589 g/mol. The fraction of sp³-hybridized carbons (Fsp3) is 0.625. The molecule has 10 nitrogen and oxygen atoms in total. The summed E-state index contributed by atoms with van der Waals surface area (Å²) in [6.45, 7) is 24.7. The number of ether oxygens (including phenoxy) is 2. The molecule has 240 valence electrons. The molecule has 1 atom stereocenters. The number of aryl methyl sites for hydroxylation is 1. The molecule has 12 heteroatoms. The second-order valence-corrected chi connectivity index (χ2v) is 25.0. The number of fused-ring (bicyclic) bond motifs is 1. The third-order valence-electron chi connectivity index (χ3n) is 8.61. The highest BCUT2D eigenvalue weighted by atomic mass is 28.4. The Bertz CT molecular complexity index is 1460. The number of likely N-dealkylation sites (tertiary alicyclic amines) is 1. The SMILES string of the molecule is Cc1cc(C#N)cc(OCOCC[Si](C)(C)C)c1-c1cnc2oc(N[C@@H]3CCCN(CCO[Si](C)(C)C(C)(C)C)C3)nc2n1. The Morgan fingerprint density at radius 3 is 2.61 bits per heavy atom. The Labute approximate surface area is 264 Å². The van der Waals surface area contributed by atoms with Crippen molar-refractivity contribution in [2.45, 2.75) is 90.4 Å². The van der Waals surface area contributed by atoms with E-state index in [1.54, 1.807) is 12.3 Å². The van der Waals surface area contributed by atoms with Crippen molar-refractivity contribution in [2.24, 2.45) is 0 Å². The number of hydrogen-bond donors (Lipinski definition) is 1. The van der Waals surface area contributed by atoms with E-state index in [2.05, 4.69) is 79.8 Å². The second kappa shape index (κ2) is 14.1. The van der Waals surface area contributed by atoms with Crippen LogP contribution < -0.4 is 10.1 Å². The zero-order chi connectivity index (χ0) is 32.1. The molecule has 1 fully saturated rings. The fourth-order valence-corrected chi connectivity index (χ4v) is 6.70. The number of piperidine rings is 1. The van der Waals surface area contributed by atoms with Crippen LogP contribution in [0.4, 0.5) is 6.01 Å². The zero-order valence-electron chi connectivity index (χ0n) is 28.0. The zero-order valence-corrected chi connectivity index (χ0v) is 30.0. The average molecular weight is 639 g/mol. The van der Waals surface area contributed by atoms with Crippen LogP contribution in [0.1, 0.15) is 44.7 Å². The van der Waals surface area contributed by atoms with Crippen LogP contribution >= 0.6 is 0 Å². The second-order valence-electron chi connectivity index (χ2n) is 14.6. The third-order valence-corrected chi connectivity index (χ3v) is 14.9. The molecule has 0 saturated carbocycles. The summed E-state index contributed by atoms with van der Waals surface area (Å²) in [4.78, 5) is 16.4. The molecule has 3 aromatic rings. The van der Waals surface area contributed by atoms with E-state index in [0.717, 1.165) is 56.3 Å². The predicted molar refractivity (Wildman–Crippen MR) is 180 cm³/mol. The van der Waals surface area contributed by atoms with Crippen LogP contribution in [0, 0.1) is 18.3 Å². The van der Waals surface area contributed by atoms with Crippen LogP contribution in [-0.4, -0.2) is 81.9 Å². The number of hydrogen-bond acceptors (Lipinski definition) is 10. The number of oxazole rings is 1. The van der Waals surface area contributed by atoms with Crippen molar-refractivity contribution < 1.29 is 18.3 Å². The summed E-state index contributed by atoms with van der Waals surface area (Å²) in [5, 5.41) is 13.2. The average Bonchev–Trinajstić information content (AvgIpc) is 3.33. The standard InChI is InChI=1S/C32H50N6O4Si2/c1-23-17-24(19-33)18-27(40-22-39-15-16-43(5,6)7)28(23)26-20-34-30-29(36-26)37-31(42-30)35-25-11-10-12-38(21-25)13-14-41-44(8,9)32(2,3)4/h17-18,20,25H,10-16,21-22H2,1-9H3,(H,35,36,37)/t25-/m1/s1. The molecule has 3 heterocycles. The molecule has 0 radical (unpaired) electrons. The Morgan fingerprint density at radius 1 is 1.14 bits per heavy atom. The number of anilines is 1. The summed E-state index contributed by atoms with van der Waals surface area (Å²) in [6, 6.07) is 7.44. The molecule has 0 aliphatic carbocycles. The first-order chi connectivity index (χ1) is 20.6. The van der Waals surface area contributed by atoms with Gasteiger partial charge in [0.05, 0.1) is 23.5 Å². The van der Waals surface area contributed by atoms with Crippen LogP contribution in [-0.2, 0) is 9.16 Å². The fourth-order valence-electron chi connectivity index (χ4n) is 4.91. The maximum atomic E-state index is 9.55. The first-order valence-electron chi connectivity index (χ1n) is 15.7. The number of benzene rings is 1. The third kappa shape index (κ3) is 9.11. The lowest BCUT2D eigenvalue weighted by molar-refractivity contribution is 0.0223. The summed E-state index contributed by atoms with van der Waals surface area (Å²) in [5.74, 6) is 0.532. The maximum absolute atomic E-state index is 9.55. The smallest absolute Gasteiger partial charge is 0.298 e. The van der Waals surface area contributed by atoms with Gasteiger partial charge in [0.25, 0.3) is 11.7 Å². The molecule has 0 unspecified atom stereocenters. The van der Waals surface area contributed by atoms with Crippen molar-refractivity contribution >= 4 is 33.8 Å². The van der Waals surface area contributed by atoms with E-state index in [1.807, 2.05) is 13.0 Å². The Balaban J connectivity index is 1.42. The highest BCUT2D eigenvalue weighted by molar-refractivity contribution is 6.76. The van der Waals surface area contributed by atoms with Crippen molar-refractivity contribution in [3.8, 4) is 23.1 Å². The minimum Gasteiger partial charge on any atom is -0.467 e. The Kier molecular flexibility index (Phi) is 10.9. The first-order valence-corrected chi connectivity index (χ1v) is 22.3. The van der Waals surface area contributed by atoms with Gasteiger partial charge in [-0.25, -0.2) is 9.97 Å². The lowest BCUT2D eigenvalue weighted by Gasteiger charge is -2.38. The van der Waals surface area contributed by atoms with E-state index in [9.17, 15) is 5.26 Å². The van der Waals surface area contributed by atoms with Gasteiger partial charge in [-0.3, -0.25) is 4.90 Å². The van der Waals surface area contributed by atoms with Gasteiger partial charge in [0, 0.05) is 46.0 Å². The Morgan fingerprint density at radius 2 is 1.91 bits per heavy atom. The molecule has 2 aromatic heterocycles. The number of nitrogens with zero attached hydrogens (tertiary/aromatic N) is 5.